The van der Waals surface area contributed by atoms with Crippen LogP contribution < -0.4 is 5.73 Å². The molecule has 90 valence electrons. The molecule has 3 rings (SSSR count). The van der Waals surface area contributed by atoms with Crippen molar-refractivity contribution >= 4 is 39.8 Å². The van der Waals surface area contributed by atoms with Crippen LogP contribution in [0.1, 0.15) is 0 Å². The number of nitrogen functional groups attached to an aromatic ring is 1. The van der Waals surface area contributed by atoms with Gasteiger partial charge in [-0.1, -0.05) is 35.3 Å². The van der Waals surface area contributed by atoms with Crippen LogP contribution in [0.4, 0.5) is 5.69 Å². The SMILES string of the molecule is Nc1cccc2[nH]nc(-c3c(Cl)cccc3Cl)c12. The van der Waals surface area contributed by atoms with Crippen LogP contribution in [-0.2, 0) is 0 Å². The first-order valence-corrected chi connectivity index (χ1v) is 6.11. The van der Waals surface area contributed by atoms with E-state index in [1.54, 1.807) is 18.2 Å². The number of nitrogens with zero attached hydrogens (tertiary/aromatic N) is 1. The van der Waals surface area contributed by atoms with Gasteiger partial charge in [0, 0.05) is 11.3 Å². The molecule has 2 aromatic carbocycles. The van der Waals surface area contributed by atoms with Gasteiger partial charge < -0.3 is 5.73 Å². The van der Waals surface area contributed by atoms with Gasteiger partial charge >= 0.3 is 0 Å². The Morgan fingerprint density at radius 2 is 1.67 bits per heavy atom. The second kappa shape index (κ2) is 4.19. The van der Waals surface area contributed by atoms with Crippen molar-refractivity contribution in [2.75, 3.05) is 5.73 Å². The first-order valence-electron chi connectivity index (χ1n) is 5.35. The Hall–Kier alpha value is -1.71. The molecular weight excluding hydrogens is 269 g/mol. The van der Waals surface area contributed by atoms with E-state index in [4.69, 9.17) is 28.9 Å². The molecule has 0 aliphatic carbocycles. The van der Waals surface area contributed by atoms with E-state index < -0.39 is 0 Å². The zero-order valence-corrected chi connectivity index (χ0v) is 10.8. The number of aromatic amines is 1. The van der Waals surface area contributed by atoms with Gasteiger partial charge in [-0.2, -0.15) is 5.10 Å². The summed E-state index contributed by atoms with van der Waals surface area (Å²) in [7, 11) is 0. The third-order valence-corrected chi connectivity index (χ3v) is 3.45. The van der Waals surface area contributed by atoms with Crippen LogP contribution in [0.15, 0.2) is 36.4 Å². The number of nitrogens with one attached hydrogen (secondary N) is 1. The highest BCUT2D eigenvalue weighted by molar-refractivity contribution is 6.39. The minimum Gasteiger partial charge on any atom is -0.398 e. The minimum absolute atomic E-state index is 0.555. The average Bonchev–Trinajstić information content (AvgIpc) is 2.74. The molecule has 0 amide bonds. The van der Waals surface area contributed by atoms with Crippen molar-refractivity contribution in [3.05, 3.63) is 46.4 Å². The van der Waals surface area contributed by atoms with E-state index in [9.17, 15) is 0 Å². The van der Waals surface area contributed by atoms with Crippen LogP contribution in [0.5, 0.6) is 0 Å². The van der Waals surface area contributed by atoms with Crippen molar-refractivity contribution in [1.29, 1.82) is 0 Å². The van der Waals surface area contributed by atoms with Crippen LogP contribution in [0.25, 0.3) is 22.2 Å². The molecular formula is C13H9Cl2N3. The number of fused-ring (bicyclic) bond motifs is 1. The first-order chi connectivity index (χ1) is 8.68. The average molecular weight is 278 g/mol. The summed E-state index contributed by atoms with van der Waals surface area (Å²) in [6.07, 6.45) is 0. The lowest BCUT2D eigenvalue weighted by molar-refractivity contribution is 1.12. The lowest BCUT2D eigenvalue weighted by Gasteiger charge is -2.05. The van der Waals surface area contributed by atoms with Crippen LogP contribution in [0.2, 0.25) is 10.0 Å². The van der Waals surface area contributed by atoms with E-state index in [2.05, 4.69) is 10.2 Å². The first kappa shape index (κ1) is 11.4. The van der Waals surface area contributed by atoms with E-state index in [1.165, 1.54) is 0 Å². The smallest absolute Gasteiger partial charge is 0.105 e. The van der Waals surface area contributed by atoms with E-state index in [0.717, 1.165) is 10.9 Å². The van der Waals surface area contributed by atoms with Crippen molar-refractivity contribution in [3.8, 4) is 11.3 Å². The molecule has 0 unspecified atom stereocenters. The Kier molecular flexibility index (Phi) is 2.65. The van der Waals surface area contributed by atoms with Gasteiger partial charge in [-0.05, 0) is 24.3 Å². The zero-order valence-electron chi connectivity index (χ0n) is 9.24. The summed E-state index contributed by atoms with van der Waals surface area (Å²) in [5, 5.41) is 9.16. The Balaban J connectivity index is 2.39. The van der Waals surface area contributed by atoms with Gasteiger partial charge in [0.1, 0.15) is 5.69 Å². The number of anilines is 1. The summed E-state index contributed by atoms with van der Waals surface area (Å²) in [6, 6.07) is 11.0. The summed E-state index contributed by atoms with van der Waals surface area (Å²) in [5.41, 5.74) is 8.88. The maximum Gasteiger partial charge on any atom is 0.105 e. The molecule has 0 atom stereocenters. The van der Waals surface area contributed by atoms with Crippen molar-refractivity contribution in [1.82, 2.24) is 10.2 Å². The molecule has 0 bridgehead atoms. The molecule has 0 aliphatic heterocycles. The van der Waals surface area contributed by atoms with Gasteiger partial charge in [0.15, 0.2) is 0 Å². The van der Waals surface area contributed by atoms with E-state index in [-0.39, 0.29) is 0 Å². The second-order valence-electron chi connectivity index (χ2n) is 3.94. The highest BCUT2D eigenvalue weighted by atomic mass is 35.5. The second-order valence-corrected chi connectivity index (χ2v) is 4.75. The predicted molar refractivity (Wildman–Crippen MR) is 76.0 cm³/mol. The maximum absolute atomic E-state index is 6.19. The Bertz CT molecular complexity index is 714. The highest BCUT2D eigenvalue weighted by Gasteiger charge is 2.16. The van der Waals surface area contributed by atoms with Crippen molar-refractivity contribution in [3.63, 3.8) is 0 Å². The van der Waals surface area contributed by atoms with Gasteiger partial charge in [-0.25, -0.2) is 0 Å². The van der Waals surface area contributed by atoms with E-state index >= 15 is 0 Å². The molecule has 5 heteroatoms. The quantitative estimate of drug-likeness (QED) is 0.658. The minimum atomic E-state index is 0.555. The summed E-state index contributed by atoms with van der Waals surface area (Å²) < 4.78 is 0. The van der Waals surface area contributed by atoms with Crippen LogP contribution in [-0.4, -0.2) is 10.2 Å². The fourth-order valence-corrected chi connectivity index (χ4v) is 2.58. The Morgan fingerprint density at radius 1 is 1.00 bits per heavy atom. The van der Waals surface area contributed by atoms with Crippen molar-refractivity contribution < 1.29 is 0 Å². The molecule has 0 fully saturated rings. The summed E-state index contributed by atoms with van der Waals surface area (Å²) in [6.45, 7) is 0. The fraction of sp³-hybridized carbons (Fsp3) is 0. The monoisotopic (exact) mass is 277 g/mol. The number of hydrogen-bond donors (Lipinski definition) is 2. The predicted octanol–water partition coefficient (Wildman–Crippen LogP) is 4.12. The Morgan fingerprint density at radius 3 is 2.39 bits per heavy atom. The van der Waals surface area contributed by atoms with E-state index in [1.807, 2.05) is 18.2 Å². The molecule has 3 nitrogen and oxygen atoms in total. The zero-order chi connectivity index (χ0) is 12.7. The third kappa shape index (κ3) is 1.64. The molecule has 0 spiro atoms. The molecule has 0 saturated carbocycles. The molecule has 0 saturated heterocycles. The molecule has 0 aliphatic rings. The number of halogens is 2. The van der Waals surface area contributed by atoms with Gasteiger partial charge in [0.05, 0.1) is 20.9 Å². The molecule has 3 aromatic rings. The van der Waals surface area contributed by atoms with Gasteiger partial charge in [0.2, 0.25) is 0 Å². The lowest BCUT2D eigenvalue weighted by atomic mass is 10.1. The summed E-state index contributed by atoms with van der Waals surface area (Å²) in [5.74, 6) is 0. The number of H-pyrrole nitrogens is 1. The van der Waals surface area contributed by atoms with Crippen LogP contribution in [0.3, 0.4) is 0 Å². The van der Waals surface area contributed by atoms with Gasteiger partial charge in [0.25, 0.3) is 0 Å². The number of hydrogen-bond acceptors (Lipinski definition) is 2. The standard InChI is InChI=1S/C13H9Cl2N3/c14-7-3-1-4-8(15)11(7)13-12-9(16)5-2-6-10(12)17-18-13/h1-6H,16H2,(H,17,18). The lowest BCUT2D eigenvalue weighted by Crippen LogP contribution is -1.88. The molecule has 1 heterocycles. The van der Waals surface area contributed by atoms with Crippen molar-refractivity contribution in [2.24, 2.45) is 0 Å². The maximum atomic E-state index is 6.19. The fourth-order valence-electron chi connectivity index (χ4n) is 2.00. The van der Waals surface area contributed by atoms with Crippen molar-refractivity contribution in [2.45, 2.75) is 0 Å². The Labute approximate surface area is 114 Å². The highest BCUT2D eigenvalue weighted by Crippen LogP contribution is 2.38. The summed E-state index contributed by atoms with van der Waals surface area (Å²) >= 11 is 12.4. The molecule has 3 N–H and O–H groups in total. The number of nitrogens with two attached hydrogens (primary N) is 1. The molecule has 18 heavy (non-hydrogen) atoms. The van der Waals surface area contributed by atoms with Crippen LogP contribution in [0, 0.1) is 0 Å². The van der Waals surface area contributed by atoms with E-state index in [0.29, 0.717) is 27.0 Å². The number of rotatable bonds is 1. The third-order valence-electron chi connectivity index (χ3n) is 2.82. The molecule has 1 aromatic heterocycles. The largest absolute Gasteiger partial charge is 0.398 e. The topological polar surface area (TPSA) is 54.7 Å². The van der Waals surface area contributed by atoms with Gasteiger partial charge in [-0.3, -0.25) is 5.10 Å². The summed E-state index contributed by atoms with van der Waals surface area (Å²) in [4.78, 5) is 0. The number of aromatic nitrogens is 2. The van der Waals surface area contributed by atoms with Crippen LogP contribution >= 0.6 is 23.2 Å². The number of benzene rings is 2. The normalized spacial score (nSPS) is 11.0. The van der Waals surface area contributed by atoms with Gasteiger partial charge in [-0.15, -0.1) is 0 Å². The molecule has 0 radical (unpaired) electrons.